The highest BCUT2D eigenvalue weighted by Gasteiger charge is 2.03. The van der Waals surface area contributed by atoms with Crippen LogP contribution in [0.2, 0.25) is 0 Å². The van der Waals surface area contributed by atoms with Crippen molar-refractivity contribution in [2.75, 3.05) is 0 Å². The zero-order valence-electron chi connectivity index (χ0n) is 7.70. The van der Waals surface area contributed by atoms with Crippen LogP contribution in [0.3, 0.4) is 0 Å². The fraction of sp³-hybridized carbons (Fsp3) is 0. The Morgan fingerprint density at radius 2 is 1.86 bits per heavy atom. The normalized spacial score (nSPS) is 13.1. The van der Waals surface area contributed by atoms with Crippen molar-refractivity contribution in [3.05, 3.63) is 48.0 Å². The second-order valence-corrected chi connectivity index (χ2v) is 4.54. The highest BCUT2D eigenvalue weighted by Crippen LogP contribution is 2.14. The van der Waals surface area contributed by atoms with Crippen molar-refractivity contribution in [3.63, 3.8) is 0 Å². The summed E-state index contributed by atoms with van der Waals surface area (Å²) in [4.78, 5) is 0. The second-order valence-electron chi connectivity index (χ2n) is 3.42. The molecule has 2 aromatic rings. The van der Waals surface area contributed by atoms with E-state index in [4.69, 9.17) is 0 Å². The van der Waals surface area contributed by atoms with Crippen molar-refractivity contribution in [1.82, 2.24) is 0 Å². The molecule has 0 saturated carbocycles. The Kier molecular flexibility index (Phi) is 1.71. The van der Waals surface area contributed by atoms with Gasteiger partial charge in [-0.2, -0.15) is 0 Å². The molecule has 0 aliphatic carbocycles. The minimum Gasteiger partial charge on any atom is -0.0766 e. The van der Waals surface area contributed by atoms with Gasteiger partial charge in [0.25, 0.3) is 0 Å². The molecule has 1 heterocycles. The molecule has 0 saturated heterocycles. The highest BCUT2D eigenvalue weighted by molar-refractivity contribution is 6.67. The van der Waals surface area contributed by atoms with E-state index in [1.165, 1.54) is 21.5 Å². The van der Waals surface area contributed by atoms with Gasteiger partial charge < -0.3 is 0 Å². The average Bonchev–Trinajstić information content (AvgIpc) is 2.29. The van der Waals surface area contributed by atoms with Gasteiger partial charge in [-0.25, -0.2) is 0 Å². The lowest BCUT2D eigenvalue weighted by Crippen LogP contribution is -2.16. The van der Waals surface area contributed by atoms with E-state index in [2.05, 4.69) is 54.2 Å². The van der Waals surface area contributed by atoms with Crippen molar-refractivity contribution < 1.29 is 0 Å². The van der Waals surface area contributed by atoms with Crippen molar-refractivity contribution >= 4 is 36.8 Å². The summed E-state index contributed by atoms with van der Waals surface area (Å²) in [5.74, 6) is 0. The van der Waals surface area contributed by atoms with E-state index >= 15 is 0 Å². The maximum Gasteiger partial charge on any atom is 0.0614 e. The molecule has 1 heteroatoms. The van der Waals surface area contributed by atoms with E-state index in [9.17, 15) is 0 Å². The first kappa shape index (κ1) is 7.89. The molecule has 3 rings (SSSR count). The molecule has 0 spiro atoms. The van der Waals surface area contributed by atoms with Gasteiger partial charge in [-0.15, -0.1) is 0 Å². The number of fused-ring (bicyclic) bond motifs is 3. The Hall–Kier alpha value is -1.47. The Bertz CT molecular complexity index is 550. The molecule has 14 heavy (non-hydrogen) atoms. The van der Waals surface area contributed by atoms with Crippen molar-refractivity contribution in [1.29, 1.82) is 0 Å². The molecule has 1 aliphatic heterocycles. The van der Waals surface area contributed by atoms with Crippen LogP contribution in [0.15, 0.2) is 42.5 Å². The van der Waals surface area contributed by atoms with Gasteiger partial charge in [0.05, 0.1) is 9.13 Å². The lowest BCUT2D eigenvalue weighted by Gasteiger charge is -2.08. The number of hydrogen-bond acceptors (Lipinski definition) is 0. The van der Waals surface area contributed by atoms with Crippen LogP contribution in [0, 0.1) is 0 Å². The van der Waals surface area contributed by atoms with Gasteiger partial charge in [0.1, 0.15) is 0 Å². The predicted octanol–water partition coefficient (Wildman–Crippen LogP) is 2.00. The first-order chi connectivity index (χ1) is 6.95. The van der Waals surface area contributed by atoms with E-state index in [0.29, 0.717) is 0 Å². The molecule has 0 amide bonds. The molecular weight excluding hydrogens is 184 g/mol. The lowest BCUT2D eigenvalue weighted by molar-refractivity contribution is 1.75. The number of hydrogen-bond donors (Lipinski definition) is 0. The molecule has 0 bridgehead atoms. The first-order valence-electron chi connectivity index (χ1n) is 4.73. The van der Waals surface area contributed by atoms with Crippen LogP contribution in [-0.2, 0) is 0 Å². The lowest BCUT2D eigenvalue weighted by atomic mass is 10.1. The molecule has 0 unspecified atom stereocenters. The van der Waals surface area contributed by atoms with Gasteiger partial charge in [0.15, 0.2) is 0 Å². The van der Waals surface area contributed by atoms with E-state index in [1.54, 1.807) is 0 Å². The van der Waals surface area contributed by atoms with Crippen LogP contribution >= 0.6 is 0 Å². The van der Waals surface area contributed by atoms with Gasteiger partial charge in [0.2, 0.25) is 0 Å². The monoisotopic (exact) mass is 193 g/mol. The Labute approximate surface area is 85.3 Å². The number of benzene rings is 2. The summed E-state index contributed by atoms with van der Waals surface area (Å²) in [6, 6.07) is 13.0. The summed E-state index contributed by atoms with van der Waals surface area (Å²) in [5.41, 5.74) is 3.62. The van der Waals surface area contributed by atoms with Crippen LogP contribution in [0.25, 0.3) is 16.8 Å². The van der Waals surface area contributed by atoms with Gasteiger partial charge >= 0.3 is 0 Å². The first-order valence-corrected chi connectivity index (χ1v) is 5.81. The maximum atomic E-state index is 2.24. The maximum absolute atomic E-state index is 2.24. The second kappa shape index (κ2) is 3.03. The topological polar surface area (TPSA) is 0 Å². The minimum absolute atomic E-state index is 0.815. The van der Waals surface area contributed by atoms with Crippen molar-refractivity contribution in [2.24, 2.45) is 0 Å². The summed E-state index contributed by atoms with van der Waals surface area (Å²) in [7, 11) is 0.815. The molecule has 0 fully saturated rings. The van der Waals surface area contributed by atoms with E-state index < -0.39 is 0 Å². The SMILES string of the molecule is C1=Cc2ccc3ccccc3c2[Si]=C1. The van der Waals surface area contributed by atoms with Gasteiger partial charge in [-0.1, -0.05) is 54.2 Å². The van der Waals surface area contributed by atoms with Crippen molar-refractivity contribution in [3.8, 4) is 0 Å². The summed E-state index contributed by atoms with van der Waals surface area (Å²) in [5, 5.41) is 4.25. The number of allylic oxidation sites excluding steroid dienone is 1. The molecule has 0 atom stereocenters. The Morgan fingerprint density at radius 3 is 2.86 bits per heavy atom. The zero-order chi connectivity index (χ0) is 9.38. The molecule has 0 N–H and O–H groups in total. The standard InChI is InChI=1S/C13H9Si/c1-2-6-12-10(4-1)7-8-11-5-3-9-14-13(11)12/h1-9H. The average molecular weight is 193 g/mol. The minimum atomic E-state index is 0.815. The fourth-order valence-electron chi connectivity index (χ4n) is 1.87. The quantitative estimate of drug-likeness (QED) is 0.561. The molecule has 2 aromatic carbocycles. The van der Waals surface area contributed by atoms with E-state index in [-0.39, 0.29) is 0 Å². The predicted molar refractivity (Wildman–Crippen MR) is 64.4 cm³/mol. The van der Waals surface area contributed by atoms with Crippen LogP contribution < -0.4 is 5.19 Å². The Morgan fingerprint density at radius 1 is 0.929 bits per heavy atom. The Balaban J connectivity index is 2.47. The summed E-state index contributed by atoms with van der Waals surface area (Å²) >= 11 is 0. The molecule has 1 aliphatic rings. The molecule has 65 valence electrons. The summed E-state index contributed by atoms with van der Waals surface area (Å²) < 4.78 is 0. The summed E-state index contributed by atoms with van der Waals surface area (Å²) in [6.45, 7) is 0. The smallest absolute Gasteiger partial charge is 0.0614 e. The molecule has 1 radical (unpaired) electrons. The van der Waals surface area contributed by atoms with E-state index in [1.807, 2.05) is 0 Å². The van der Waals surface area contributed by atoms with Crippen LogP contribution in [-0.4, -0.2) is 14.8 Å². The highest BCUT2D eigenvalue weighted by atomic mass is 28.2. The van der Waals surface area contributed by atoms with Crippen LogP contribution in [0.5, 0.6) is 0 Å². The van der Waals surface area contributed by atoms with Gasteiger partial charge in [-0.3, -0.25) is 0 Å². The van der Waals surface area contributed by atoms with Crippen LogP contribution in [0.1, 0.15) is 5.56 Å². The van der Waals surface area contributed by atoms with Gasteiger partial charge in [-0.05, 0) is 21.5 Å². The molecule has 0 nitrogen and oxygen atoms in total. The molecule has 0 aromatic heterocycles. The molecular formula is C13H9Si. The largest absolute Gasteiger partial charge is 0.0766 e. The third kappa shape index (κ3) is 1.10. The summed E-state index contributed by atoms with van der Waals surface area (Å²) in [6.07, 6.45) is 4.34. The van der Waals surface area contributed by atoms with Crippen molar-refractivity contribution in [2.45, 2.75) is 0 Å². The fourth-order valence-corrected chi connectivity index (χ4v) is 2.95. The van der Waals surface area contributed by atoms with E-state index in [0.717, 1.165) is 9.13 Å². The van der Waals surface area contributed by atoms with Crippen LogP contribution in [0.4, 0.5) is 0 Å². The third-order valence-corrected chi connectivity index (χ3v) is 3.77. The van der Waals surface area contributed by atoms with Gasteiger partial charge in [0, 0.05) is 0 Å². The third-order valence-electron chi connectivity index (χ3n) is 2.56. The zero-order valence-corrected chi connectivity index (χ0v) is 8.70. The number of rotatable bonds is 0.